The van der Waals surface area contributed by atoms with Crippen LogP contribution in [0, 0.1) is 6.92 Å². The number of alkyl halides is 1. The Morgan fingerprint density at radius 1 is 1.27 bits per heavy atom. The first-order valence-corrected chi connectivity index (χ1v) is 10.3. The number of carboxylic acid groups (broad SMARTS) is 1. The van der Waals surface area contributed by atoms with Gasteiger partial charge in [-0.1, -0.05) is 37.0 Å². The van der Waals surface area contributed by atoms with Gasteiger partial charge in [0.1, 0.15) is 5.67 Å². The average Bonchev–Trinajstić information content (AvgIpc) is 2.54. The fraction of sp³-hybridized carbons (Fsp3) is 0.611. The maximum absolute atomic E-state index is 15.1. The molecule has 0 saturated heterocycles. The molecule has 1 aliphatic carbocycles. The van der Waals surface area contributed by atoms with Gasteiger partial charge in [0, 0.05) is 19.6 Å². The van der Waals surface area contributed by atoms with Crippen molar-refractivity contribution in [3.8, 4) is 0 Å². The molecule has 26 heavy (non-hydrogen) atoms. The van der Waals surface area contributed by atoms with E-state index in [0.29, 0.717) is 12.8 Å². The summed E-state index contributed by atoms with van der Waals surface area (Å²) < 4.78 is 42.9. The first-order valence-electron chi connectivity index (χ1n) is 8.83. The molecule has 1 fully saturated rings. The highest BCUT2D eigenvalue weighted by atomic mass is 32.2. The van der Waals surface area contributed by atoms with Crippen LogP contribution in [0.15, 0.2) is 29.2 Å². The van der Waals surface area contributed by atoms with Crippen LogP contribution in [-0.4, -0.2) is 49.8 Å². The summed E-state index contributed by atoms with van der Waals surface area (Å²) in [5.41, 5.74) is -0.533. The molecule has 0 aromatic heterocycles. The van der Waals surface area contributed by atoms with E-state index in [4.69, 9.17) is 5.11 Å². The van der Waals surface area contributed by atoms with Gasteiger partial charge >= 0.3 is 6.09 Å². The van der Waals surface area contributed by atoms with Crippen LogP contribution in [0.3, 0.4) is 0 Å². The Labute approximate surface area is 154 Å². The van der Waals surface area contributed by atoms with E-state index in [2.05, 4.69) is 4.72 Å². The monoisotopic (exact) mass is 386 g/mol. The Balaban J connectivity index is 2.19. The molecule has 0 bridgehead atoms. The van der Waals surface area contributed by atoms with Gasteiger partial charge in [-0.3, -0.25) is 0 Å². The third-order valence-electron chi connectivity index (χ3n) is 4.84. The van der Waals surface area contributed by atoms with E-state index >= 15 is 4.39 Å². The van der Waals surface area contributed by atoms with Crippen LogP contribution in [-0.2, 0) is 10.0 Å². The minimum Gasteiger partial charge on any atom is -0.465 e. The van der Waals surface area contributed by atoms with Crippen LogP contribution in [0.25, 0.3) is 0 Å². The maximum Gasteiger partial charge on any atom is 0.407 e. The molecule has 1 aromatic carbocycles. The predicted octanol–water partition coefficient (Wildman–Crippen LogP) is 3.31. The molecule has 2 rings (SSSR count). The fourth-order valence-electron chi connectivity index (χ4n) is 3.39. The molecule has 1 unspecified atom stereocenters. The second-order valence-corrected chi connectivity index (χ2v) is 8.92. The molecule has 1 saturated carbocycles. The van der Waals surface area contributed by atoms with Crippen molar-refractivity contribution in [1.82, 2.24) is 9.62 Å². The van der Waals surface area contributed by atoms with E-state index in [1.165, 1.54) is 19.2 Å². The number of likely N-dealkylation sites (N-methyl/N-ethyl adjacent to an activating group) is 1. The highest BCUT2D eigenvalue weighted by Crippen LogP contribution is 2.36. The molecule has 1 aromatic rings. The fourth-order valence-corrected chi connectivity index (χ4v) is 4.62. The number of hydrogen-bond acceptors (Lipinski definition) is 3. The Morgan fingerprint density at radius 3 is 2.38 bits per heavy atom. The van der Waals surface area contributed by atoms with Crippen LogP contribution in [0.2, 0.25) is 0 Å². The zero-order valence-electron chi connectivity index (χ0n) is 15.2. The minimum absolute atomic E-state index is 0.0320. The van der Waals surface area contributed by atoms with Crippen LogP contribution in [0.1, 0.15) is 44.1 Å². The van der Waals surface area contributed by atoms with Gasteiger partial charge in [-0.15, -0.1) is 0 Å². The van der Waals surface area contributed by atoms with Gasteiger partial charge in [0.2, 0.25) is 10.0 Å². The van der Waals surface area contributed by atoms with Gasteiger partial charge in [-0.05, 0) is 38.3 Å². The summed E-state index contributed by atoms with van der Waals surface area (Å²) in [6, 6.07) is 5.52. The van der Waals surface area contributed by atoms with Gasteiger partial charge in [-0.25, -0.2) is 22.3 Å². The van der Waals surface area contributed by atoms with Crippen LogP contribution in [0.5, 0.6) is 0 Å². The Morgan fingerprint density at radius 2 is 1.85 bits per heavy atom. The van der Waals surface area contributed by atoms with Crippen LogP contribution >= 0.6 is 0 Å². The maximum atomic E-state index is 15.1. The lowest BCUT2D eigenvalue weighted by atomic mass is 9.82. The molecule has 1 atom stereocenters. The van der Waals surface area contributed by atoms with Crippen LogP contribution in [0.4, 0.5) is 9.18 Å². The molecule has 0 aliphatic heterocycles. The summed E-state index contributed by atoms with van der Waals surface area (Å²) in [4.78, 5) is 12.2. The summed E-state index contributed by atoms with van der Waals surface area (Å²) in [5.74, 6) is 0. The third kappa shape index (κ3) is 5.67. The number of hydrogen-bond donors (Lipinski definition) is 2. The van der Waals surface area contributed by atoms with Crippen molar-refractivity contribution < 1.29 is 22.7 Å². The number of carbonyl (C=O) groups is 1. The lowest BCUT2D eigenvalue weighted by Gasteiger charge is -2.34. The topological polar surface area (TPSA) is 86.7 Å². The first kappa shape index (κ1) is 20.6. The zero-order valence-corrected chi connectivity index (χ0v) is 16.1. The SMILES string of the molecule is Cc1ccc(S(=O)(=O)NC(CN(C)C(=O)O)CC2(F)CCCCC2)cc1. The summed E-state index contributed by atoms with van der Waals surface area (Å²) in [7, 11) is -2.51. The molecule has 1 amide bonds. The summed E-state index contributed by atoms with van der Waals surface area (Å²) in [6.45, 7) is 1.75. The lowest BCUT2D eigenvalue weighted by molar-refractivity contribution is 0.0791. The van der Waals surface area contributed by atoms with Crippen LogP contribution < -0.4 is 4.72 Å². The highest BCUT2D eigenvalue weighted by Gasteiger charge is 2.36. The molecule has 0 heterocycles. The molecular weight excluding hydrogens is 359 g/mol. The van der Waals surface area contributed by atoms with Crippen molar-refractivity contribution in [2.45, 2.75) is 62.1 Å². The number of halogens is 1. The molecule has 0 radical (unpaired) electrons. The standard InChI is InChI=1S/C18H27FN2O4S/c1-14-6-8-16(9-7-14)26(24,25)20-15(13-21(2)17(22)23)12-18(19)10-4-3-5-11-18/h6-9,15,20H,3-5,10-13H2,1-2H3,(H,22,23). The highest BCUT2D eigenvalue weighted by molar-refractivity contribution is 7.89. The van der Waals surface area contributed by atoms with Gasteiger partial charge in [-0.2, -0.15) is 0 Å². The summed E-state index contributed by atoms with van der Waals surface area (Å²) in [5, 5.41) is 9.10. The zero-order chi connectivity index (χ0) is 19.4. The van der Waals surface area contributed by atoms with Crippen molar-refractivity contribution in [3.05, 3.63) is 29.8 Å². The van der Waals surface area contributed by atoms with Gasteiger partial charge in [0.25, 0.3) is 0 Å². The summed E-state index contributed by atoms with van der Waals surface area (Å²) >= 11 is 0. The van der Waals surface area contributed by atoms with Gasteiger partial charge in [0.05, 0.1) is 4.90 Å². The molecule has 146 valence electrons. The lowest BCUT2D eigenvalue weighted by Crippen LogP contribution is -2.47. The number of amides is 1. The minimum atomic E-state index is -3.86. The van der Waals surface area contributed by atoms with E-state index < -0.39 is 27.8 Å². The molecule has 6 nitrogen and oxygen atoms in total. The number of benzene rings is 1. The van der Waals surface area contributed by atoms with Gasteiger partial charge < -0.3 is 10.0 Å². The first-order chi connectivity index (χ1) is 12.1. The molecule has 2 N–H and O–H groups in total. The number of sulfonamides is 1. The number of aryl methyl sites for hydroxylation is 1. The number of nitrogens with zero attached hydrogens (tertiary/aromatic N) is 1. The van der Waals surface area contributed by atoms with E-state index in [0.717, 1.165) is 29.7 Å². The second kappa shape index (κ2) is 8.35. The van der Waals surface area contributed by atoms with Crippen molar-refractivity contribution in [2.75, 3.05) is 13.6 Å². The van der Waals surface area contributed by atoms with E-state index in [-0.39, 0.29) is 17.9 Å². The largest absolute Gasteiger partial charge is 0.465 e. The average molecular weight is 386 g/mol. The van der Waals surface area contributed by atoms with E-state index in [1.807, 2.05) is 6.92 Å². The quantitative estimate of drug-likeness (QED) is 0.753. The number of rotatable bonds is 7. The Hall–Kier alpha value is -1.67. The summed E-state index contributed by atoms with van der Waals surface area (Å²) in [6.07, 6.45) is 2.06. The normalized spacial score (nSPS) is 18.3. The van der Waals surface area contributed by atoms with E-state index in [1.54, 1.807) is 12.1 Å². The Kier molecular flexibility index (Phi) is 6.63. The third-order valence-corrected chi connectivity index (χ3v) is 6.37. The smallest absolute Gasteiger partial charge is 0.407 e. The van der Waals surface area contributed by atoms with Gasteiger partial charge in [0.15, 0.2) is 0 Å². The Bertz CT molecular complexity index is 715. The van der Waals surface area contributed by atoms with Crippen molar-refractivity contribution in [2.24, 2.45) is 0 Å². The molecule has 1 aliphatic rings. The van der Waals surface area contributed by atoms with Crippen molar-refractivity contribution in [3.63, 3.8) is 0 Å². The predicted molar refractivity (Wildman–Crippen MR) is 97.5 cm³/mol. The second-order valence-electron chi connectivity index (χ2n) is 7.21. The molecule has 8 heteroatoms. The molecular formula is C18H27FN2O4S. The van der Waals surface area contributed by atoms with E-state index in [9.17, 15) is 13.2 Å². The number of nitrogens with one attached hydrogen (secondary N) is 1. The van der Waals surface area contributed by atoms with Crippen molar-refractivity contribution >= 4 is 16.1 Å². The molecule has 0 spiro atoms. The van der Waals surface area contributed by atoms with Crippen molar-refractivity contribution in [1.29, 1.82) is 0 Å².